The highest BCUT2D eigenvalue weighted by molar-refractivity contribution is 7.90. The molecule has 0 unspecified atom stereocenters. The van der Waals surface area contributed by atoms with Crippen molar-refractivity contribution in [3.63, 3.8) is 0 Å². The monoisotopic (exact) mass is 490 g/mol. The van der Waals surface area contributed by atoms with Gasteiger partial charge in [-0.1, -0.05) is 17.7 Å². The Balaban J connectivity index is 1.73. The number of fused-ring (bicyclic) bond motifs is 2. The molecule has 0 spiro atoms. The molecule has 0 atom stereocenters. The Morgan fingerprint density at radius 3 is 2.43 bits per heavy atom. The van der Waals surface area contributed by atoms with Crippen molar-refractivity contribution in [2.75, 3.05) is 14.2 Å². The van der Waals surface area contributed by atoms with Gasteiger partial charge in [-0.2, -0.15) is 0 Å². The van der Waals surface area contributed by atoms with Crippen molar-refractivity contribution < 1.29 is 22.7 Å². The fourth-order valence-corrected chi connectivity index (χ4v) is 5.49. The summed E-state index contributed by atoms with van der Waals surface area (Å²) in [6.45, 7) is 1.88. The molecule has 0 aliphatic carbocycles. The third-order valence-corrected chi connectivity index (χ3v) is 7.69. The van der Waals surface area contributed by atoms with Crippen LogP contribution in [-0.2, 0) is 17.1 Å². The van der Waals surface area contributed by atoms with Crippen molar-refractivity contribution in [3.8, 4) is 22.8 Å². The van der Waals surface area contributed by atoms with Gasteiger partial charge in [0.1, 0.15) is 5.52 Å². The number of nitrogens with zero attached hydrogens (tertiary/aromatic N) is 4. The van der Waals surface area contributed by atoms with Crippen LogP contribution in [0.1, 0.15) is 15.9 Å². The molecule has 0 aliphatic heterocycles. The molecule has 4 heterocycles. The Morgan fingerprint density at radius 1 is 1.03 bits per heavy atom. The van der Waals surface area contributed by atoms with E-state index in [1.165, 1.54) is 26.6 Å². The normalized spacial score (nSPS) is 11.8. The van der Waals surface area contributed by atoms with Gasteiger partial charge < -0.3 is 14.0 Å². The molecule has 0 amide bonds. The number of methoxy groups -OCH3 is 2. The van der Waals surface area contributed by atoms with E-state index in [1.807, 2.05) is 30.8 Å². The first-order valence-electron chi connectivity index (χ1n) is 10.7. The molecule has 35 heavy (non-hydrogen) atoms. The molecular weight excluding hydrogens is 468 g/mol. The van der Waals surface area contributed by atoms with Gasteiger partial charge in [0.25, 0.3) is 15.9 Å². The second-order valence-electron chi connectivity index (χ2n) is 8.09. The fourth-order valence-electron chi connectivity index (χ4n) is 4.19. The van der Waals surface area contributed by atoms with Crippen LogP contribution in [0.4, 0.5) is 0 Å². The molecule has 4 aromatic heterocycles. The van der Waals surface area contributed by atoms with E-state index in [4.69, 9.17) is 9.47 Å². The number of benzene rings is 1. The summed E-state index contributed by atoms with van der Waals surface area (Å²) in [6.07, 6.45) is 5.47. The number of hydrogen-bond acceptors (Lipinski definition) is 7. The molecule has 178 valence electrons. The topological polar surface area (TPSA) is 105 Å². The van der Waals surface area contributed by atoms with E-state index < -0.39 is 10.0 Å². The summed E-state index contributed by atoms with van der Waals surface area (Å²) in [4.78, 5) is 21.5. The van der Waals surface area contributed by atoms with Crippen molar-refractivity contribution >= 4 is 38.4 Å². The van der Waals surface area contributed by atoms with Crippen molar-refractivity contribution in [1.29, 1.82) is 0 Å². The Kier molecular flexibility index (Phi) is 5.32. The maximum atomic E-state index is 13.3. The summed E-state index contributed by atoms with van der Waals surface area (Å²) in [7, 11) is 0.996. The lowest BCUT2D eigenvalue weighted by Crippen LogP contribution is -2.12. The number of aryl methyl sites for hydroxylation is 2. The van der Waals surface area contributed by atoms with Gasteiger partial charge in [0, 0.05) is 53.8 Å². The Bertz CT molecular complexity index is 1720. The Morgan fingerprint density at radius 2 is 1.77 bits per heavy atom. The first kappa shape index (κ1) is 22.6. The fraction of sp³-hybridized carbons (Fsp3) is 0.160. The van der Waals surface area contributed by atoms with Gasteiger partial charge in [-0.15, -0.1) is 0 Å². The Hall–Kier alpha value is -4.18. The second-order valence-corrected chi connectivity index (χ2v) is 9.91. The van der Waals surface area contributed by atoms with Gasteiger partial charge in [-0.05, 0) is 25.1 Å². The quantitative estimate of drug-likeness (QED) is 0.332. The van der Waals surface area contributed by atoms with Crippen LogP contribution in [0.15, 0.2) is 59.9 Å². The van der Waals surface area contributed by atoms with Crippen molar-refractivity contribution in [3.05, 3.63) is 66.1 Å². The number of rotatable bonds is 6. The molecule has 9 nitrogen and oxygen atoms in total. The summed E-state index contributed by atoms with van der Waals surface area (Å²) < 4.78 is 40.2. The summed E-state index contributed by atoms with van der Waals surface area (Å²) in [5, 5.41) is 0.422. The number of ether oxygens (including phenoxy) is 2. The van der Waals surface area contributed by atoms with E-state index >= 15 is 0 Å². The van der Waals surface area contributed by atoms with Crippen LogP contribution < -0.4 is 9.47 Å². The first-order valence-corrected chi connectivity index (χ1v) is 12.1. The Labute approximate surface area is 201 Å². The predicted molar refractivity (Wildman–Crippen MR) is 132 cm³/mol. The second kappa shape index (κ2) is 8.24. The highest BCUT2D eigenvalue weighted by Crippen LogP contribution is 2.37. The summed E-state index contributed by atoms with van der Waals surface area (Å²) in [5.41, 5.74) is 4.00. The number of aldehydes is 1. The lowest BCUT2D eigenvalue weighted by atomic mass is 10.0. The van der Waals surface area contributed by atoms with E-state index in [0.29, 0.717) is 45.5 Å². The molecule has 5 rings (SSSR count). The molecular formula is C25H22N4O5S. The SMILES string of the molecule is COc1cc2c(nc1OC)c(-c1cnc3c(ccn3S(=O)(=O)c3ccc(C)cc3)c1C=O)cn2C. The van der Waals surface area contributed by atoms with Crippen LogP contribution >= 0.6 is 0 Å². The van der Waals surface area contributed by atoms with E-state index in [-0.39, 0.29) is 10.5 Å². The maximum Gasteiger partial charge on any atom is 0.269 e. The third kappa shape index (κ3) is 3.45. The minimum absolute atomic E-state index is 0.137. The average Bonchev–Trinajstić information content (AvgIpc) is 3.44. The molecule has 0 saturated carbocycles. The van der Waals surface area contributed by atoms with Crippen LogP contribution in [0.25, 0.3) is 33.2 Å². The lowest BCUT2D eigenvalue weighted by Gasteiger charge is -2.10. The van der Waals surface area contributed by atoms with Gasteiger partial charge in [0.2, 0.25) is 0 Å². The van der Waals surface area contributed by atoms with Crippen molar-refractivity contribution in [2.45, 2.75) is 11.8 Å². The standard InChI is InChI=1S/C25H22N4O5S/c1-15-5-7-16(8-6-15)35(31,32)29-10-9-17-20(14-30)18(12-26-24(17)29)19-13-28(2)21-11-22(33-3)25(34-4)27-23(19)21/h5-14H,1-4H3. The number of aromatic nitrogens is 4. The van der Waals surface area contributed by atoms with Crippen LogP contribution in [-0.4, -0.2) is 47.4 Å². The molecule has 5 aromatic rings. The van der Waals surface area contributed by atoms with E-state index in [0.717, 1.165) is 15.1 Å². The van der Waals surface area contributed by atoms with E-state index in [9.17, 15) is 13.2 Å². The smallest absolute Gasteiger partial charge is 0.269 e. The van der Waals surface area contributed by atoms with Crippen molar-refractivity contribution in [2.24, 2.45) is 7.05 Å². The van der Waals surface area contributed by atoms with E-state index in [2.05, 4.69) is 9.97 Å². The van der Waals surface area contributed by atoms with E-state index in [1.54, 1.807) is 30.3 Å². The van der Waals surface area contributed by atoms with Gasteiger partial charge in [0.15, 0.2) is 17.7 Å². The molecule has 1 aromatic carbocycles. The van der Waals surface area contributed by atoms with Crippen LogP contribution in [0.5, 0.6) is 11.6 Å². The van der Waals surface area contributed by atoms with Crippen molar-refractivity contribution in [1.82, 2.24) is 18.5 Å². The van der Waals surface area contributed by atoms with Crippen LogP contribution in [0.3, 0.4) is 0 Å². The molecule has 0 aliphatic rings. The predicted octanol–water partition coefficient (Wildman–Crippen LogP) is 3.97. The molecule has 10 heteroatoms. The highest BCUT2D eigenvalue weighted by atomic mass is 32.2. The molecule has 0 fully saturated rings. The molecule has 0 radical (unpaired) electrons. The zero-order valence-electron chi connectivity index (χ0n) is 19.5. The minimum Gasteiger partial charge on any atom is -0.491 e. The average molecular weight is 491 g/mol. The summed E-state index contributed by atoms with van der Waals surface area (Å²) in [6, 6.07) is 9.96. The summed E-state index contributed by atoms with van der Waals surface area (Å²) in [5.74, 6) is 0.791. The third-order valence-electron chi connectivity index (χ3n) is 6.01. The van der Waals surface area contributed by atoms with Gasteiger partial charge in [-0.3, -0.25) is 4.79 Å². The molecule has 0 saturated heterocycles. The van der Waals surface area contributed by atoms with Gasteiger partial charge in [-0.25, -0.2) is 22.4 Å². The number of carbonyl (C=O) groups is 1. The highest BCUT2D eigenvalue weighted by Gasteiger charge is 2.24. The van der Waals surface area contributed by atoms with Gasteiger partial charge in [0.05, 0.1) is 24.6 Å². The number of hydrogen-bond donors (Lipinski definition) is 0. The first-order chi connectivity index (χ1) is 16.8. The largest absolute Gasteiger partial charge is 0.491 e. The van der Waals surface area contributed by atoms with Gasteiger partial charge >= 0.3 is 0 Å². The zero-order valence-corrected chi connectivity index (χ0v) is 20.3. The zero-order chi connectivity index (χ0) is 24.9. The van der Waals surface area contributed by atoms with Crippen LogP contribution in [0, 0.1) is 6.92 Å². The summed E-state index contributed by atoms with van der Waals surface area (Å²) >= 11 is 0. The van der Waals surface area contributed by atoms with Crippen LogP contribution in [0.2, 0.25) is 0 Å². The minimum atomic E-state index is -3.90. The molecule has 0 N–H and O–H groups in total. The lowest BCUT2D eigenvalue weighted by molar-refractivity contribution is 0.112. The maximum absolute atomic E-state index is 13.3. The molecule has 0 bridgehead atoms. The number of carbonyl (C=O) groups excluding carboxylic acids is 1. The number of pyridine rings is 2.